The van der Waals surface area contributed by atoms with Crippen LogP contribution in [0.1, 0.15) is 24.6 Å². The Kier molecular flexibility index (Phi) is 8.67. The zero-order valence-corrected chi connectivity index (χ0v) is 17.0. The molecule has 0 aliphatic heterocycles. The van der Waals surface area contributed by atoms with Crippen LogP contribution >= 0.6 is 0 Å². The second-order valence-electron chi connectivity index (χ2n) is 6.86. The lowest BCUT2D eigenvalue weighted by Crippen LogP contribution is -2.19. The number of aromatic amines is 1. The van der Waals surface area contributed by atoms with E-state index in [0.717, 1.165) is 5.57 Å². The number of halogens is 3. The second-order valence-corrected chi connectivity index (χ2v) is 6.86. The zero-order valence-electron chi connectivity index (χ0n) is 17.0. The number of allylic oxidation sites excluding steroid dienone is 4. The van der Waals surface area contributed by atoms with Crippen molar-refractivity contribution in [1.82, 2.24) is 15.8 Å². The lowest BCUT2D eigenvalue weighted by molar-refractivity contribution is -0.141. The van der Waals surface area contributed by atoms with Gasteiger partial charge in [-0.1, -0.05) is 41.8 Å². The third-order valence-corrected chi connectivity index (χ3v) is 4.53. The summed E-state index contributed by atoms with van der Waals surface area (Å²) in [5.41, 5.74) is 2.95. The van der Waals surface area contributed by atoms with Gasteiger partial charge in [-0.25, -0.2) is 5.48 Å². The number of hydrogen-bond acceptors (Lipinski definition) is 3. The van der Waals surface area contributed by atoms with Crippen molar-refractivity contribution in [3.63, 3.8) is 0 Å². The molecule has 0 saturated carbocycles. The quantitative estimate of drug-likeness (QED) is 0.120. The van der Waals surface area contributed by atoms with Gasteiger partial charge in [0.2, 0.25) is 0 Å². The number of amides is 1. The monoisotopic (exact) mass is 431 g/mol. The Morgan fingerprint density at radius 1 is 1.26 bits per heavy atom. The number of hydroxylamine groups is 1. The first-order valence-corrected chi connectivity index (χ1v) is 9.60. The van der Waals surface area contributed by atoms with Crippen molar-refractivity contribution in [2.24, 2.45) is 0 Å². The van der Waals surface area contributed by atoms with Crippen molar-refractivity contribution >= 4 is 16.8 Å². The predicted molar refractivity (Wildman–Crippen MR) is 114 cm³/mol. The summed E-state index contributed by atoms with van der Waals surface area (Å²) in [6.07, 6.45) is 7.97. The molecule has 0 bridgehead atoms. The number of aryl methyl sites for hydroxylation is 1. The highest BCUT2D eigenvalue weighted by molar-refractivity contribution is 5.87. The Balaban J connectivity index is 1.92. The number of alkyl halides is 3. The van der Waals surface area contributed by atoms with Crippen LogP contribution in [-0.2, 0) is 17.4 Å². The number of carbonyl (C=O) groups excluding carboxylic acids is 1. The number of nitrogens with one attached hydrogen (secondary N) is 3. The SMILES string of the molecule is C#C\C(=C/C=C(C)/C=C/C(=O)NO)CNCCCc1c(C(F)(F)F)[nH]c2ccccc12. The average Bonchev–Trinajstić information content (AvgIpc) is 3.13. The van der Waals surface area contributed by atoms with Crippen molar-refractivity contribution in [2.75, 3.05) is 13.1 Å². The normalized spacial score (nSPS) is 13.0. The molecule has 1 aromatic heterocycles. The molecule has 1 aromatic carbocycles. The molecular formula is C23H24F3N3O2. The number of aromatic nitrogens is 1. The number of carbonyl (C=O) groups is 1. The van der Waals surface area contributed by atoms with Gasteiger partial charge in [0.25, 0.3) is 5.91 Å². The third kappa shape index (κ3) is 7.17. The standard InChI is InChI=1S/C23H24F3N3O2/c1-3-17(12-10-16(2)11-13-21(30)29-31)15-27-14-6-8-19-18-7-4-5-9-20(18)28-22(19)23(24,25)26/h1,4-5,7,9-13,27-28,31H,6,8,14-15H2,2H3,(H,29,30)/b13-11+,16-10+,17-12+. The number of benzene rings is 1. The van der Waals surface area contributed by atoms with E-state index in [9.17, 15) is 18.0 Å². The Morgan fingerprint density at radius 3 is 2.68 bits per heavy atom. The minimum atomic E-state index is -4.43. The molecule has 0 spiro atoms. The van der Waals surface area contributed by atoms with Crippen LogP contribution in [0.15, 0.2) is 59.7 Å². The molecule has 1 heterocycles. The van der Waals surface area contributed by atoms with Crippen LogP contribution in [0.4, 0.5) is 13.2 Å². The van der Waals surface area contributed by atoms with Crippen LogP contribution < -0.4 is 10.8 Å². The van der Waals surface area contributed by atoms with Gasteiger partial charge in [-0.05, 0) is 44.0 Å². The lowest BCUT2D eigenvalue weighted by atomic mass is 10.0. The minimum absolute atomic E-state index is 0.273. The maximum atomic E-state index is 13.4. The Morgan fingerprint density at radius 2 is 2.00 bits per heavy atom. The van der Waals surface area contributed by atoms with Crippen LogP contribution in [0.3, 0.4) is 0 Å². The number of para-hydroxylation sites is 1. The van der Waals surface area contributed by atoms with Gasteiger partial charge in [0.15, 0.2) is 0 Å². The van der Waals surface area contributed by atoms with Crippen molar-refractivity contribution in [1.29, 1.82) is 0 Å². The van der Waals surface area contributed by atoms with Crippen LogP contribution in [0, 0.1) is 12.3 Å². The molecular weight excluding hydrogens is 407 g/mol. The summed E-state index contributed by atoms with van der Waals surface area (Å²) in [6.45, 7) is 2.65. The molecule has 0 saturated heterocycles. The average molecular weight is 431 g/mol. The maximum Gasteiger partial charge on any atom is 0.431 e. The Labute approximate surface area is 178 Å². The molecule has 1 amide bonds. The summed E-state index contributed by atoms with van der Waals surface area (Å²) in [7, 11) is 0. The van der Waals surface area contributed by atoms with Gasteiger partial charge in [-0.2, -0.15) is 13.2 Å². The molecule has 5 nitrogen and oxygen atoms in total. The van der Waals surface area contributed by atoms with Crippen molar-refractivity contribution in [3.05, 3.63) is 71.0 Å². The first kappa shape index (κ1) is 24.0. The van der Waals surface area contributed by atoms with Crippen LogP contribution in [0.25, 0.3) is 10.9 Å². The minimum Gasteiger partial charge on any atom is -0.351 e. The highest BCUT2D eigenvalue weighted by Crippen LogP contribution is 2.35. The predicted octanol–water partition coefficient (Wildman–Crippen LogP) is 4.28. The van der Waals surface area contributed by atoms with Gasteiger partial charge >= 0.3 is 6.18 Å². The topological polar surface area (TPSA) is 77.2 Å². The number of terminal acetylenes is 1. The van der Waals surface area contributed by atoms with E-state index in [2.05, 4.69) is 16.2 Å². The van der Waals surface area contributed by atoms with Crippen molar-refractivity contribution in [2.45, 2.75) is 25.9 Å². The third-order valence-electron chi connectivity index (χ3n) is 4.53. The molecule has 0 aliphatic rings. The van der Waals surface area contributed by atoms with Gasteiger partial charge < -0.3 is 10.3 Å². The molecule has 0 unspecified atom stereocenters. The van der Waals surface area contributed by atoms with Crippen LogP contribution in [0.2, 0.25) is 0 Å². The highest BCUT2D eigenvalue weighted by atomic mass is 19.4. The summed E-state index contributed by atoms with van der Waals surface area (Å²) in [5, 5.41) is 12.2. The molecule has 0 atom stereocenters. The molecule has 31 heavy (non-hydrogen) atoms. The zero-order chi connectivity index (χ0) is 22.9. The number of fused-ring (bicyclic) bond motifs is 1. The van der Waals surface area contributed by atoms with Gasteiger partial charge in [0.05, 0.1) is 0 Å². The van der Waals surface area contributed by atoms with E-state index in [1.165, 1.54) is 17.6 Å². The van der Waals surface area contributed by atoms with Gasteiger partial charge in [-0.3, -0.25) is 10.0 Å². The molecule has 0 fully saturated rings. The molecule has 2 aromatic rings. The van der Waals surface area contributed by atoms with E-state index in [1.807, 2.05) is 0 Å². The summed E-state index contributed by atoms with van der Waals surface area (Å²) >= 11 is 0. The summed E-state index contributed by atoms with van der Waals surface area (Å²) < 4.78 is 40.1. The molecule has 0 radical (unpaired) electrons. The fourth-order valence-electron chi connectivity index (χ4n) is 3.00. The fourth-order valence-corrected chi connectivity index (χ4v) is 3.00. The van der Waals surface area contributed by atoms with E-state index in [1.54, 1.807) is 43.3 Å². The Bertz CT molecular complexity index is 1040. The van der Waals surface area contributed by atoms with Crippen molar-refractivity contribution in [3.8, 4) is 12.3 Å². The van der Waals surface area contributed by atoms with E-state index in [4.69, 9.17) is 11.6 Å². The largest absolute Gasteiger partial charge is 0.431 e. The number of rotatable bonds is 9. The molecule has 164 valence electrons. The van der Waals surface area contributed by atoms with Gasteiger partial charge in [0.1, 0.15) is 5.69 Å². The smallest absolute Gasteiger partial charge is 0.351 e. The molecule has 8 heteroatoms. The van der Waals surface area contributed by atoms with E-state index in [0.29, 0.717) is 36.0 Å². The van der Waals surface area contributed by atoms with Crippen LogP contribution in [-0.4, -0.2) is 29.2 Å². The maximum absolute atomic E-state index is 13.4. The summed E-state index contributed by atoms with van der Waals surface area (Å²) in [5.74, 6) is 1.91. The molecule has 0 aliphatic carbocycles. The van der Waals surface area contributed by atoms with E-state index in [-0.39, 0.29) is 12.0 Å². The molecule has 4 N–H and O–H groups in total. The van der Waals surface area contributed by atoms with E-state index < -0.39 is 17.8 Å². The summed E-state index contributed by atoms with van der Waals surface area (Å²) in [6, 6.07) is 6.75. The summed E-state index contributed by atoms with van der Waals surface area (Å²) in [4.78, 5) is 13.4. The van der Waals surface area contributed by atoms with E-state index >= 15 is 0 Å². The van der Waals surface area contributed by atoms with Crippen molar-refractivity contribution < 1.29 is 23.2 Å². The molecule has 2 rings (SSSR count). The number of H-pyrrole nitrogens is 1. The van der Waals surface area contributed by atoms with Gasteiger partial charge in [-0.15, -0.1) is 6.42 Å². The highest BCUT2D eigenvalue weighted by Gasteiger charge is 2.35. The number of hydrogen-bond donors (Lipinski definition) is 4. The first-order chi connectivity index (χ1) is 14.8. The first-order valence-electron chi connectivity index (χ1n) is 9.60. The second kappa shape index (κ2) is 11.2. The Hall–Kier alpha value is -3.28. The lowest BCUT2D eigenvalue weighted by Gasteiger charge is -2.09. The van der Waals surface area contributed by atoms with Gasteiger partial charge in [0, 0.05) is 29.1 Å². The van der Waals surface area contributed by atoms with Crippen LogP contribution in [0.5, 0.6) is 0 Å². The fraction of sp³-hybridized carbons (Fsp3) is 0.261.